The number of halogens is 1. The van der Waals surface area contributed by atoms with E-state index in [9.17, 15) is 4.79 Å². The van der Waals surface area contributed by atoms with Crippen LogP contribution in [0.15, 0.2) is 27.8 Å². The molecule has 1 N–H and O–H groups in total. The van der Waals surface area contributed by atoms with Crippen LogP contribution in [0.4, 0.5) is 0 Å². The molecule has 0 saturated carbocycles. The summed E-state index contributed by atoms with van der Waals surface area (Å²) in [6.45, 7) is 14.2. The van der Waals surface area contributed by atoms with Gasteiger partial charge in [0, 0.05) is 51.8 Å². The SMILES string of the molecule is CCNC(=NCC1CCCOC1C(C)(C)C)N1CCN(C(=O)c2ccco2)CC1.I. The molecular weight excluding hydrogens is 495 g/mol. The molecule has 8 heteroatoms. The lowest BCUT2D eigenvalue weighted by molar-refractivity contribution is -0.0824. The second-order valence-corrected chi connectivity index (χ2v) is 9.01. The van der Waals surface area contributed by atoms with Gasteiger partial charge < -0.3 is 24.3 Å². The minimum atomic E-state index is -0.0380. The van der Waals surface area contributed by atoms with Crippen molar-refractivity contribution in [1.29, 1.82) is 0 Å². The highest BCUT2D eigenvalue weighted by molar-refractivity contribution is 14.0. The van der Waals surface area contributed by atoms with Crippen LogP contribution in [-0.4, -0.2) is 73.6 Å². The molecule has 3 rings (SSSR count). The normalized spacial score (nSPS) is 23.1. The van der Waals surface area contributed by atoms with E-state index in [2.05, 4.69) is 37.9 Å². The van der Waals surface area contributed by atoms with Crippen LogP contribution in [0.25, 0.3) is 0 Å². The lowest BCUT2D eigenvalue weighted by Gasteiger charge is -2.40. The number of rotatable bonds is 4. The molecule has 0 bridgehead atoms. The zero-order valence-electron chi connectivity index (χ0n) is 18.7. The van der Waals surface area contributed by atoms with Gasteiger partial charge in [-0.15, -0.1) is 24.0 Å². The summed E-state index contributed by atoms with van der Waals surface area (Å²) in [5, 5.41) is 3.43. The number of carbonyl (C=O) groups excluding carboxylic acids is 1. The predicted molar refractivity (Wildman–Crippen MR) is 129 cm³/mol. The summed E-state index contributed by atoms with van der Waals surface area (Å²) >= 11 is 0. The molecule has 0 radical (unpaired) electrons. The average Bonchev–Trinajstić information content (AvgIpc) is 3.25. The Kier molecular flexibility index (Phi) is 9.46. The fraction of sp³-hybridized carbons (Fsp3) is 0.727. The largest absolute Gasteiger partial charge is 0.459 e. The highest BCUT2D eigenvalue weighted by Gasteiger charge is 2.35. The van der Waals surface area contributed by atoms with E-state index < -0.39 is 0 Å². The Morgan fingerprint density at radius 3 is 2.53 bits per heavy atom. The Morgan fingerprint density at radius 1 is 1.23 bits per heavy atom. The summed E-state index contributed by atoms with van der Waals surface area (Å²) in [7, 11) is 0. The molecule has 0 spiro atoms. The van der Waals surface area contributed by atoms with Crippen molar-refractivity contribution in [3.63, 3.8) is 0 Å². The van der Waals surface area contributed by atoms with Crippen LogP contribution in [-0.2, 0) is 4.74 Å². The van der Waals surface area contributed by atoms with Gasteiger partial charge >= 0.3 is 0 Å². The van der Waals surface area contributed by atoms with Gasteiger partial charge in [-0.25, -0.2) is 0 Å². The maximum atomic E-state index is 12.5. The van der Waals surface area contributed by atoms with Crippen molar-refractivity contribution >= 4 is 35.8 Å². The van der Waals surface area contributed by atoms with E-state index in [0.29, 0.717) is 24.8 Å². The predicted octanol–water partition coefficient (Wildman–Crippen LogP) is 3.46. The topological polar surface area (TPSA) is 70.3 Å². The van der Waals surface area contributed by atoms with Crippen molar-refractivity contribution in [3.8, 4) is 0 Å². The van der Waals surface area contributed by atoms with Crippen molar-refractivity contribution in [2.75, 3.05) is 45.9 Å². The third-order valence-electron chi connectivity index (χ3n) is 5.71. The summed E-state index contributed by atoms with van der Waals surface area (Å²) in [6.07, 6.45) is 4.05. The van der Waals surface area contributed by atoms with Gasteiger partial charge in [-0.1, -0.05) is 20.8 Å². The molecular formula is C22H37IN4O3. The van der Waals surface area contributed by atoms with Gasteiger partial charge in [0.1, 0.15) is 0 Å². The van der Waals surface area contributed by atoms with Gasteiger partial charge in [0.15, 0.2) is 11.7 Å². The summed E-state index contributed by atoms with van der Waals surface area (Å²) in [4.78, 5) is 21.6. The van der Waals surface area contributed by atoms with Crippen LogP contribution in [0.2, 0.25) is 0 Å². The molecule has 1 amide bonds. The van der Waals surface area contributed by atoms with E-state index in [-0.39, 0.29) is 41.4 Å². The van der Waals surface area contributed by atoms with Crippen LogP contribution in [0, 0.1) is 11.3 Å². The number of amides is 1. The Hall–Kier alpha value is -1.29. The molecule has 2 aliphatic heterocycles. The van der Waals surface area contributed by atoms with Gasteiger partial charge in [0.05, 0.1) is 12.4 Å². The first kappa shape index (κ1) is 25.0. The molecule has 1 aromatic rings. The summed E-state index contributed by atoms with van der Waals surface area (Å²) in [5.74, 6) is 1.75. The van der Waals surface area contributed by atoms with Gasteiger partial charge in [-0.3, -0.25) is 9.79 Å². The van der Waals surface area contributed by atoms with E-state index >= 15 is 0 Å². The number of ether oxygens (including phenoxy) is 1. The number of nitrogens with one attached hydrogen (secondary N) is 1. The van der Waals surface area contributed by atoms with Crippen molar-refractivity contribution in [3.05, 3.63) is 24.2 Å². The van der Waals surface area contributed by atoms with Crippen molar-refractivity contribution in [2.45, 2.75) is 46.6 Å². The second kappa shape index (κ2) is 11.4. The van der Waals surface area contributed by atoms with Crippen molar-refractivity contribution in [2.24, 2.45) is 16.3 Å². The molecule has 170 valence electrons. The van der Waals surface area contributed by atoms with Gasteiger partial charge in [0.25, 0.3) is 5.91 Å². The van der Waals surface area contributed by atoms with Crippen LogP contribution >= 0.6 is 24.0 Å². The molecule has 30 heavy (non-hydrogen) atoms. The number of piperazine rings is 1. The molecule has 0 aliphatic carbocycles. The molecule has 2 atom stereocenters. The quantitative estimate of drug-likeness (QED) is 0.366. The molecule has 3 heterocycles. The van der Waals surface area contributed by atoms with Crippen LogP contribution in [0.5, 0.6) is 0 Å². The minimum Gasteiger partial charge on any atom is -0.459 e. The Labute approximate surface area is 197 Å². The van der Waals surface area contributed by atoms with Crippen LogP contribution in [0.1, 0.15) is 51.1 Å². The third-order valence-corrected chi connectivity index (χ3v) is 5.71. The van der Waals surface area contributed by atoms with E-state index in [0.717, 1.165) is 51.6 Å². The summed E-state index contributed by atoms with van der Waals surface area (Å²) < 4.78 is 11.4. The monoisotopic (exact) mass is 532 g/mol. The lowest BCUT2D eigenvalue weighted by Crippen LogP contribution is -2.54. The first-order valence-electron chi connectivity index (χ1n) is 10.9. The molecule has 0 aromatic carbocycles. The number of nitrogens with zero attached hydrogens (tertiary/aromatic N) is 3. The minimum absolute atomic E-state index is 0. The second-order valence-electron chi connectivity index (χ2n) is 9.01. The Bertz CT molecular complexity index is 679. The lowest BCUT2D eigenvalue weighted by atomic mass is 9.78. The first-order chi connectivity index (χ1) is 13.9. The average molecular weight is 532 g/mol. The van der Waals surface area contributed by atoms with Gasteiger partial charge in [-0.05, 0) is 37.3 Å². The molecule has 2 aliphatic rings. The molecule has 7 nitrogen and oxygen atoms in total. The van der Waals surface area contributed by atoms with E-state index in [1.54, 1.807) is 18.4 Å². The number of hydrogen-bond acceptors (Lipinski definition) is 4. The number of aliphatic imine (C=N–C) groups is 1. The third kappa shape index (κ3) is 6.35. The number of furan rings is 1. The maximum absolute atomic E-state index is 12.5. The molecule has 2 unspecified atom stereocenters. The van der Waals surface area contributed by atoms with Crippen molar-refractivity contribution in [1.82, 2.24) is 15.1 Å². The zero-order chi connectivity index (χ0) is 20.9. The zero-order valence-corrected chi connectivity index (χ0v) is 21.1. The highest BCUT2D eigenvalue weighted by Crippen LogP contribution is 2.34. The number of guanidine groups is 1. The molecule has 2 saturated heterocycles. The Balaban J connectivity index is 0.00000320. The van der Waals surface area contributed by atoms with Crippen molar-refractivity contribution < 1.29 is 13.9 Å². The van der Waals surface area contributed by atoms with E-state index in [4.69, 9.17) is 14.1 Å². The molecule has 1 aromatic heterocycles. The first-order valence-corrected chi connectivity index (χ1v) is 10.9. The van der Waals surface area contributed by atoms with Crippen LogP contribution < -0.4 is 5.32 Å². The van der Waals surface area contributed by atoms with Gasteiger partial charge in [0.2, 0.25) is 0 Å². The number of carbonyl (C=O) groups is 1. The summed E-state index contributed by atoms with van der Waals surface area (Å²) in [6, 6.07) is 3.47. The standard InChI is InChI=1S/C22H36N4O3.HI/c1-5-23-21(24-16-17-8-6-15-29-19(17)22(2,3)4)26-12-10-25(11-13-26)20(27)18-9-7-14-28-18;/h7,9,14,17,19H,5-6,8,10-13,15-16H2,1-4H3,(H,23,24);1H. The maximum Gasteiger partial charge on any atom is 0.289 e. The van der Waals surface area contributed by atoms with Crippen LogP contribution in [0.3, 0.4) is 0 Å². The smallest absolute Gasteiger partial charge is 0.289 e. The van der Waals surface area contributed by atoms with E-state index in [1.807, 2.05) is 4.90 Å². The Morgan fingerprint density at radius 2 is 1.93 bits per heavy atom. The fourth-order valence-electron chi connectivity index (χ4n) is 4.29. The summed E-state index contributed by atoms with van der Waals surface area (Å²) in [5.41, 5.74) is 0.122. The molecule has 2 fully saturated rings. The number of hydrogen-bond donors (Lipinski definition) is 1. The highest BCUT2D eigenvalue weighted by atomic mass is 127. The van der Waals surface area contributed by atoms with E-state index in [1.165, 1.54) is 0 Å². The van der Waals surface area contributed by atoms with Gasteiger partial charge in [-0.2, -0.15) is 0 Å². The fourth-order valence-corrected chi connectivity index (χ4v) is 4.29.